The summed E-state index contributed by atoms with van der Waals surface area (Å²) in [6.45, 7) is 7.01. The standard InChI is InChI=1S/C29H29FN4O4S/c1-18(2)20-8-10-23(25-12-13-31-29(33-25)32-22-16-37-17-22)27(14-20)38-26-11-9-21(15-24(26)30)34-39(35,36)28-7-5-4-6-19(28)3/h4-15,18,22,34H,16-17H2,1-3H3,(H,31,32,33). The van der Waals surface area contributed by atoms with Crippen LogP contribution in [0, 0.1) is 12.7 Å². The fourth-order valence-corrected chi connectivity index (χ4v) is 5.40. The highest BCUT2D eigenvalue weighted by atomic mass is 32.2. The average molecular weight is 549 g/mol. The van der Waals surface area contributed by atoms with Crippen molar-refractivity contribution in [2.45, 2.75) is 37.6 Å². The summed E-state index contributed by atoms with van der Waals surface area (Å²) in [4.78, 5) is 9.05. The average Bonchev–Trinajstić information content (AvgIpc) is 2.88. The molecular formula is C29H29FN4O4S. The number of aryl methyl sites for hydroxylation is 1. The van der Waals surface area contributed by atoms with E-state index in [9.17, 15) is 8.42 Å². The van der Waals surface area contributed by atoms with Crippen molar-refractivity contribution in [3.05, 3.63) is 89.9 Å². The monoisotopic (exact) mass is 548 g/mol. The number of aromatic nitrogens is 2. The van der Waals surface area contributed by atoms with Gasteiger partial charge in [0.15, 0.2) is 11.6 Å². The SMILES string of the molecule is Cc1ccccc1S(=O)(=O)Nc1ccc(Oc2cc(C(C)C)ccc2-c2ccnc(NC3COC3)n2)c(F)c1. The van der Waals surface area contributed by atoms with Gasteiger partial charge in [-0.3, -0.25) is 4.72 Å². The van der Waals surface area contributed by atoms with Gasteiger partial charge < -0.3 is 14.8 Å². The smallest absolute Gasteiger partial charge is 0.262 e. The highest BCUT2D eigenvalue weighted by Crippen LogP contribution is 2.37. The number of anilines is 2. The molecule has 0 bridgehead atoms. The van der Waals surface area contributed by atoms with Crippen molar-refractivity contribution in [2.75, 3.05) is 23.3 Å². The van der Waals surface area contributed by atoms with Crippen LogP contribution in [0.5, 0.6) is 11.5 Å². The molecule has 4 aromatic rings. The Balaban J connectivity index is 1.43. The van der Waals surface area contributed by atoms with E-state index in [4.69, 9.17) is 9.47 Å². The van der Waals surface area contributed by atoms with Crippen LogP contribution >= 0.6 is 0 Å². The molecule has 1 fully saturated rings. The second-order valence-corrected chi connectivity index (χ2v) is 11.3. The predicted molar refractivity (Wildman–Crippen MR) is 148 cm³/mol. The Bertz CT molecular complexity index is 1610. The van der Waals surface area contributed by atoms with Crippen molar-refractivity contribution in [1.29, 1.82) is 0 Å². The fourth-order valence-electron chi connectivity index (χ4n) is 4.11. The predicted octanol–water partition coefficient (Wildman–Crippen LogP) is 6.12. The fraction of sp³-hybridized carbons (Fsp3) is 0.241. The van der Waals surface area contributed by atoms with E-state index in [0.717, 1.165) is 11.6 Å². The first-order chi connectivity index (χ1) is 18.7. The molecule has 1 saturated heterocycles. The molecule has 0 aliphatic carbocycles. The summed E-state index contributed by atoms with van der Waals surface area (Å²) >= 11 is 0. The van der Waals surface area contributed by atoms with Gasteiger partial charge in [-0.05, 0) is 60.4 Å². The number of hydrogen-bond donors (Lipinski definition) is 2. The third-order valence-electron chi connectivity index (χ3n) is 6.36. The van der Waals surface area contributed by atoms with E-state index < -0.39 is 15.8 Å². The third-order valence-corrected chi connectivity index (χ3v) is 7.90. The van der Waals surface area contributed by atoms with Crippen LogP contribution in [0.25, 0.3) is 11.3 Å². The van der Waals surface area contributed by atoms with Gasteiger partial charge in [0.1, 0.15) is 5.75 Å². The highest BCUT2D eigenvalue weighted by molar-refractivity contribution is 7.92. The van der Waals surface area contributed by atoms with Crippen molar-refractivity contribution in [1.82, 2.24) is 9.97 Å². The van der Waals surface area contributed by atoms with Gasteiger partial charge in [-0.15, -0.1) is 0 Å². The minimum absolute atomic E-state index is 0.0463. The van der Waals surface area contributed by atoms with Crippen LogP contribution in [0.15, 0.2) is 77.8 Å². The normalized spacial score (nSPS) is 13.7. The van der Waals surface area contributed by atoms with Gasteiger partial charge in [0.25, 0.3) is 10.0 Å². The molecule has 5 rings (SSSR count). The topological polar surface area (TPSA) is 102 Å². The van der Waals surface area contributed by atoms with Crippen LogP contribution < -0.4 is 14.8 Å². The van der Waals surface area contributed by atoms with Crippen LogP contribution in [-0.4, -0.2) is 37.6 Å². The summed E-state index contributed by atoms with van der Waals surface area (Å²) in [5.74, 6) is 0.345. The summed E-state index contributed by atoms with van der Waals surface area (Å²) < 4.78 is 54.6. The van der Waals surface area contributed by atoms with E-state index in [1.807, 2.05) is 18.2 Å². The zero-order chi connectivity index (χ0) is 27.6. The summed E-state index contributed by atoms with van der Waals surface area (Å²) in [5, 5.41) is 3.23. The van der Waals surface area contributed by atoms with E-state index in [1.165, 1.54) is 18.2 Å². The summed E-state index contributed by atoms with van der Waals surface area (Å²) in [6, 6.07) is 18.2. The van der Waals surface area contributed by atoms with E-state index in [2.05, 4.69) is 33.9 Å². The molecule has 1 aliphatic heterocycles. The van der Waals surface area contributed by atoms with Crippen molar-refractivity contribution in [2.24, 2.45) is 0 Å². The molecular weight excluding hydrogens is 519 g/mol. The van der Waals surface area contributed by atoms with E-state index in [0.29, 0.717) is 41.7 Å². The van der Waals surface area contributed by atoms with Gasteiger partial charge in [0.2, 0.25) is 5.95 Å². The Kier molecular flexibility index (Phi) is 7.49. The molecule has 0 unspecified atom stereocenters. The summed E-state index contributed by atoms with van der Waals surface area (Å²) in [6.07, 6.45) is 1.65. The maximum absolute atomic E-state index is 15.2. The number of hydrogen-bond acceptors (Lipinski definition) is 7. The molecule has 0 amide bonds. The number of benzene rings is 3. The number of nitrogens with zero attached hydrogens (tertiary/aromatic N) is 2. The van der Waals surface area contributed by atoms with E-state index >= 15 is 4.39 Å². The maximum Gasteiger partial charge on any atom is 0.262 e. The van der Waals surface area contributed by atoms with E-state index in [1.54, 1.807) is 37.4 Å². The minimum atomic E-state index is -3.89. The van der Waals surface area contributed by atoms with Gasteiger partial charge in [0, 0.05) is 17.8 Å². The van der Waals surface area contributed by atoms with Gasteiger partial charge in [-0.1, -0.05) is 38.1 Å². The molecule has 2 heterocycles. The molecule has 8 nitrogen and oxygen atoms in total. The van der Waals surface area contributed by atoms with Crippen LogP contribution in [0.4, 0.5) is 16.0 Å². The number of sulfonamides is 1. The lowest BCUT2D eigenvalue weighted by atomic mass is 9.99. The maximum atomic E-state index is 15.2. The van der Waals surface area contributed by atoms with Gasteiger partial charge in [0.05, 0.1) is 35.5 Å². The Morgan fingerprint density at radius 3 is 2.51 bits per heavy atom. The number of rotatable bonds is 9. The first-order valence-corrected chi connectivity index (χ1v) is 14.1. The molecule has 10 heteroatoms. The Labute approximate surface area is 227 Å². The Hall–Kier alpha value is -4.02. The Morgan fingerprint density at radius 2 is 1.82 bits per heavy atom. The largest absolute Gasteiger partial charge is 0.454 e. The summed E-state index contributed by atoms with van der Waals surface area (Å²) in [5.41, 5.74) is 2.97. The van der Waals surface area contributed by atoms with E-state index in [-0.39, 0.29) is 28.3 Å². The molecule has 0 spiro atoms. The second-order valence-electron chi connectivity index (χ2n) is 9.67. The lowest BCUT2D eigenvalue weighted by molar-refractivity contribution is 0.0208. The number of halogens is 1. The molecule has 2 N–H and O–H groups in total. The van der Waals surface area contributed by atoms with Gasteiger partial charge in [-0.2, -0.15) is 0 Å². The van der Waals surface area contributed by atoms with Crippen molar-refractivity contribution in [3.8, 4) is 22.8 Å². The van der Waals surface area contributed by atoms with Gasteiger partial charge in [-0.25, -0.2) is 22.8 Å². The number of nitrogens with one attached hydrogen (secondary N) is 2. The molecule has 1 aromatic heterocycles. The van der Waals surface area contributed by atoms with Crippen LogP contribution in [-0.2, 0) is 14.8 Å². The third kappa shape index (κ3) is 6.02. The number of ether oxygens (including phenoxy) is 2. The first-order valence-electron chi connectivity index (χ1n) is 12.6. The molecule has 3 aromatic carbocycles. The minimum Gasteiger partial charge on any atom is -0.454 e. The zero-order valence-corrected chi connectivity index (χ0v) is 22.6. The molecule has 1 aliphatic rings. The Morgan fingerprint density at radius 1 is 1.03 bits per heavy atom. The van der Waals surface area contributed by atoms with Gasteiger partial charge >= 0.3 is 0 Å². The molecule has 0 saturated carbocycles. The van der Waals surface area contributed by atoms with Crippen molar-refractivity contribution >= 4 is 21.7 Å². The quantitative estimate of drug-likeness (QED) is 0.260. The van der Waals surface area contributed by atoms with Crippen LogP contribution in [0.2, 0.25) is 0 Å². The van der Waals surface area contributed by atoms with Crippen molar-refractivity contribution < 1.29 is 22.3 Å². The lowest BCUT2D eigenvalue weighted by Crippen LogP contribution is -2.40. The van der Waals surface area contributed by atoms with Crippen molar-refractivity contribution in [3.63, 3.8) is 0 Å². The highest BCUT2D eigenvalue weighted by Gasteiger charge is 2.21. The summed E-state index contributed by atoms with van der Waals surface area (Å²) in [7, 11) is -3.89. The van der Waals surface area contributed by atoms with Crippen LogP contribution in [0.3, 0.4) is 0 Å². The molecule has 0 radical (unpaired) electrons. The van der Waals surface area contributed by atoms with Crippen LogP contribution in [0.1, 0.15) is 30.9 Å². The first kappa shape index (κ1) is 26.6. The lowest BCUT2D eigenvalue weighted by Gasteiger charge is -2.26. The molecule has 202 valence electrons. The molecule has 39 heavy (non-hydrogen) atoms. The zero-order valence-electron chi connectivity index (χ0n) is 21.8. The second kappa shape index (κ2) is 11.0. The molecule has 0 atom stereocenters.